The molecule has 11 heteroatoms. The van der Waals surface area contributed by atoms with E-state index in [-0.39, 0.29) is 84.6 Å². The van der Waals surface area contributed by atoms with Gasteiger partial charge in [0.1, 0.15) is 12.2 Å². The Kier molecular flexibility index (Phi) is 13.7. The maximum Gasteiger partial charge on any atom is 0.307 e. The molecule has 10 nitrogen and oxygen atoms in total. The average Bonchev–Trinajstić information content (AvgIpc) is 3.76. The van der Waals surface area contributed by atoms with E-state index in [0.29, 0.717) is 23.1 Å². The molecule has 4 fully saturated rings. The van der Waals surface area contributed by atoms with E-state index in [9.17, 15) is 14.7 Å². The summed E-state index contributed by atoms with van der Waals surface area (Å²) < 4.78 is 38.2. The summed E-state index contributed by atoms with van der Waals surface area (Å²) in [7, 11) is 5.76. The second-order valence-corrected chi connectivity index (χ2v) is 18.6. The highest BCUT2D eigenvalue weighted by molar-refractivity contribution is 6.30. The molecule has 0 amide bonds. The molecule has 57 heavy (non-hydrogen) atoms. The van der Waals surface area contributed by atoms with Gasteiger partial charge in [-0.15, -0.1) is 0 Å². The summed E-state index contributed by atoms with van der Waals surface area (Å²) in [5.41, 5.74) is 2.91. The summed E-state index contributed by atoms with van der Waals surface area (Å²) in [4.78, 5) is 31.0. The van der Waals surface area contributed by atoms with Gasteiger partial charge in [0, 0.05) is 47.8 Å². The Morgan fingerprint density at radius 2 is 1.68 bits per heavy atom. The molecule has 6 aliphatic rings. The smallest absolute Gasteiger partial charge is 0.307 e. The van der Waals surface area contributed by atoms with Gasteiger partial charge in [-0.3, -0.25) is 9.59 Å². The average molecular weight is 812 g/mol. The van der Waals surface area contributed by atoms with Crippen molar-refractivity contribution in [3.05, 3.63) is 58.1 Å². The highest BCUT2D eigenvalue weighted by atomic mass is 35.5. The number of nitrogens with zero attached hydrogens (tertiary/aromatic N) is 1. The number of esters is 1. The summed E-state index contributed by atoms with van der Waals surface area (Å²) >= 11 is 6.62. The lowest BCUT2D eigenvalue weighted by Gasteiger charge is -2.42. The van der Waals surface area contributed by atoms with Crippen LogP contribution >= 0.6 is 11.6 Å². The number of likely N-dealkylation sites (N-methyl/N-ethyl adjacent to an activating group) is 1. The van der Waals surface area contributed by atoms with Crippen LogP contribution in [0.5, 0.6) is 0 Å². The van der Waals surface area contributed by atoms with E-state index in [2.05, 4.69) is 51.1 Å². The lowest BCUT2D eigenvalue weighted by Crippen LogP contribution is -2.55. The predicted molar refractivity (Wildman–Crippen MR) is 217 cm³/mol. The van der Waals surface area contributed by atoms with Gasteiger partial charge in [-0.2, -0.15) is 0 Å². The first-order valence-corrected chi connectivity index (χ1v) is 22.1. The van der Waals surface area contributed by atoms with E-state index in [1.54, 1.807) is 7.11 Å². The van der Waals surface area contributed by atoms with Gasteiger partial charge in [-0.25, -0.2) is 0 Å². The summed E-state index contributed by atoms with van der Waals surface area (Å²) in [6.07, 6.45) is 7.48. The van der Waals surface area contributed by atoms with Crippen LogP contribution in [0.1, 0.15) is 104 Å². The minimum absolute atomic E-state index is 0.00262. The van der Waals surface area contributed by atoms with Crippen molar-refractivity contribution in [3.63, 3.8) is 0 Å². The number of ether oxygens (including phenoxy) is 6. The molecule has 0 bridgehead atoms. The van der Waals surface area contributed by atoms with Crippen molar-refractivity contribution in [2.24, 2.45) is 35.5 Å². The van der Waals surface area contributed by atoms with Crippen molar-refractivity contribution >= 4 is 23.4 Å². The molecule has 3 aliphatic carbocycles. The Hall–Kier alpha value is -2.15. The second kappa shape index (κ2) is 18.2. The van der Waals surface area contributed by atoms with Crippen LogP contribution in [-0.4, -0.2) is 104 Å². The highest BCUT2D eigenvalue weighted by Gasteiger charge is 2.53. The molecule has 3 aliphatic heterocycles. The van der Waals surface area contributed by atoms with E-state index < -0.39 is 30.3 Å². The fourth-order valence-corrected chi connectivity index (χ4v) is 11.2. The standard InChI is InChI=1S/C46H66ClNO9/c1-9-30-14-11-15-40(57-42-17-16-39(48(6)7)27(5)53-42)25(3)43(50)38-22-36-34-20-31(56-46-45(52-8)44(51)24(2)26(4)54-46)19-33(34)32(28-12-10-13-29(47)18-28)21-35(36)37(38)23-41(49)55-30/h10,12-13,18,21-22,24-27,30-34,36-37,39-40,42,44-46,51H,9,11,14-17,19-20,23H2,1-8H3/t24-,25+,26?,27?,30-,31+,32?,33-,34+,36-,37-,39-,40-,42-,44+,45?,46-/m0/s1. The number of carbonyl (C=O) groups is 2. The predicted octanol–water partition coefficient (Wildman–Crippen LogP) is 7.65. The van der Waals surface area contributed by atoms with Crippen molar-refractivity contribution < 1.29 is 43.1 Å². The first-order chi connectivity index (χ1) is 27.3. The largest absolute Gasteiger partial charge is 0.462 e. The van der Waals surface area contributed by atoms with Crippen LogP contribution in [0, 0.1) is 35.5 Å². The molecule has 0 aromatic heterocycles. The molecule has 3 heterocycles. The van der Waals surface area contributed by atoms with Gasteiger partial charge in [-0.1, -0.05) is 62.2 Å². The van der Waals surface area contributed by atoms with Crippen molar-refractivity contribution in [1.82, 2.24) is 4.90 Å². The van der Waals surface area contributed by atoms with Gasteiger partial charge in [-0.05, 0) is 114 Å². The number of aliphatic hydroxyl groups excluding tert-OH is 1. The molecular formula is C46H66ClNO9. The number of cyclic esters (lactones) is 1. The molecule has 7 rings (SSSR count). The third-order valence-corrected chi connectivity index (χ3v) is 14.7. The number of Topliss-reactive ketones (excluding diaryl/α,β-unsaturated/α-hetero) is 1. The van der Waals surface area contributed by atoms with Gasteiger partial charge in [0.2, 0.25) is 0 Å². The first-order valence-electron chi connectivity index (χ1n) is 21.7. The lowest BCUT2D eigenvalue weighted by molar-refractivity contribution is -0.297. The van der Waals surface area contributed by atoms with Crippen LogP contribution in [0.25, 0.3) is 0 Å². The zero-order valence-corrected chi connectivity index (χ0v) is 35.9. The Bertz CT molecular complexity index is 1650. The summed E-state index contributed by atoms with van der Waals surface area (Å²) in [6.45, 7) is 10.1. The number of hydrogen-bond acceptors (Lipinski definition) is 10. The Morgan fingerprint density at radius 1 is 0.930 bits per heavy atom. The lowest BCUT2D eigenvalue weighted by atomic mass is 9.66. The van der Waals surface area contributed by atoms with Crippen LogP contribution < -0.4 is 0 Å². The number of halogens is 1. The fraction of sp³-hybridized carbons (Fsp3) is 0.739. The molecule has 4 unspecified atom stereocenters. The number of allylic oxidation sites excluding steroid dienone is 4. The summed E-state index contributed by atoms with van der Waals surface area (Å²) in [5, 5.41) is 11.8. The van der Waals surface area contributed by atoms with Crippen molar-refractivity contribution in [3.8, 4) is 0 Å². The summed E-state index contributed by atoms with van der Waals surface area (Å²) in [5.74, 6) is -0.877. The number of methoxy groups -OCH3 is 1. The van der Waals surface area contributed by atoms with Gasteiger partial charge >= 0.3 is 5.97 Å². The van der Waals surface area contributed by atoms with Crippen molar-refractivity contribution in [2.45, 2.75) is 160 Å². The van der Waals surface area contributed by atoms with Crippen LogP contribution in [0.2, 0.25) is 5.02 Å². The number of benzene rings is 1. The Morgan fingerprint density at radius 3 is 2.37 bits per heavy atom. The van der Waals surface area contributed by atoms with Crippen LogP contribution in [0.15, 0.2) is 47.6 Å². The van der Waals surface area contributed by atoms with E-state index in [1.807, 2.05) is 39.0 Å². The normalized spacial score (nSPS) is 42.9. The third kappa shape index (κ3) is 9.00. The van der Waals surface area contributed by atoms with Gasteiger partial charge in [0.05, 0.1) is 36.9 Å². The molecular weight excluding hydrogens is 746 g/mol. The minimum Gasteiger partial charge on any atom is -0.462 e. The van der Waals surface area contributed by atoms with Gasteiger partial charge in [0.25, 0.3) is 0 Å². The van der Waals surface area contributed by atoms with Gasteiger partial charge < -0.3 is 38.4 Å². The van der Waals surface area contributed by atoms with E-state index >= 15 is 0 Å². The minimum atomic E-state index is -0.715. The number of aliphatic hydroxyl groups is 1. The number of rotatable bonds is 8. The molecule has 3 saturated heterocycles. The molecule has 17 atom stereocenters. The topological polar surface area (TPSA) is 113 Å². The molecule has 1 aromatic carbocycles. The zero-order valence-electron chi connectivity index (χ0n) is 35.2. The number of ketones is 1. The molecule has 1 N–H and O–H groups in total. The molecule has 1 saturated carbocycles. The van der Waals surface area contributed by atoms with Gasteiger partial charge in [0.15, 0.2) is 18.4 Å². The Labute approximate surface area is 344 Å². The summed E-state index contributed by atoms with van der Waals surface area (Å²) in [6, 6.07) is 8.35. The number of fused-ring (bicyclic) bond motifs is 5. The van der Waals surface area contributed by atoms with Crippen LogP contribution in [-0.2, 0) is 38.0 Å². The quantitative estimate of drug-likeness (QED) is 0.208. The molecule has 0 radical (unpaired) electrons. The van der Waals surface area contributed by atoms with Crippen molar-refractivity contribution in [2.75, 3.05) is 21.2 Å². The zero-order chi connectivity index (χ0) is 40.7. The Balaban J connectivity index is 1.21. The monoisotopic (exact) mass is 811 g/mol. The second-order valence-electron chi connectivity index (χ2n) is 18.1. The molecule has 0 spiro atoms. The molecule has 316 valence electrons. The van der Waals surface area contributed by atoms with Crippen LogP contribution in [0.3, 0.4) is 0 Å². The van der Waals surface area contributed by atoms with E-state index in [0.717, 1.165) is 56.1 Å². The third-order valence-electron chi connectivity index (χ3n) is 14.5. The van der Waals surface area contributed by atoms with E-state index in [4.69, 9.17) is 40.0 Å². The van der Waals surface area contributed by atoms with E-state index in [1.165, 1.54) is 0 Å². The first kappa shape index (κ1) is 43.0. The van der Waals surface area contributed by atoms with Crippen molar-refractivity contribution in [1.29, 1.82) is 0 Å². The SMILES string of the molecule is CC[C@H]1CCC[C@H](O[C@H]2CC[C@H](N(C)C)C(C)O2)[C@@H](C)C(=O)C2=C[C@@H]3C(=CC(c4cccc(Cl)c4)[C@@H]4C[C@@H](O[C@@H]5OC(C)[C@H](C)[C@@H](O)C5OC)C[C@@H]34)[C@@H]2CC(=O)O1. The number of hydrogen-bond donors (Lipinski definition) is 1. The fourth-order valence-electron chi connectivity index (χ4n) is 11.1. The maximum atomic E-state index is 15.0. The number of carbonyl (C=O) groups excluding carboxylic acids is 2. The molecule has 1 aromatic rings. The highest BCUT2D eigenvalue weighted by Crippen LogP contribution is 2.58. The maximum absolute atomic E-state index is 15.0. The van der Waals surface area contributed by atoms with Crippen LogP contribution in [0.4, 0.5) is 0 Å².